The zero-order valence-electron chi connectivity index (χ0n) is 7.81. The molecule has 2 nitrogen and oxygen atoms in total. The molecule has 1 aromatic rings. The average Bonchev–Trinajstić information content (AvgIpc) is 2.19. The van der Waals surface area contributed by atoms with E-state index in [-0.39, 0.29) is 0 Å². The third-order valence-electron chi connectivity index (χ3n) is 1.63. The highest BCUT2D eigenvalue weighted by molar-refractivity contribution is 6.21. The Hall–Kier alpha value is -1.28. The summed E-state index contributed by atoms with van der Waals surface area (Å²) in [5, 5.41) is 0. The van der Waals surface area contributed by atoms with Crippen LogP contribution in [0.25, 0.3) is 0 Å². The van der Waals surface area contributed by atoms with Crippen LogP contribution in [0, 0.1) is 0 Å². The third-order valence-corrected chi connectivity index (χ3v) is 1.86. The van der Waals surface area contributed by atoms with Gasteiger partial charge < -0.3 is 4.74 Å². The molecule has 0 saturated heterocycles. The molecule has 0 aromatic heterocycles. The summed E-state index contributed by atoms with van der Waals surface area (Å²) in [6.45, 7) is 1.85. The van der Waals surface area contributed by atoms with Gasteiger partial charge in [-0.3, -0.25) is 4.79 Å². The maximum Gasteiger partial charge on any atom is 0.190 e. The lowest BCUT2D eigenvalue weighted by Crippen LogP contribution is -2.06. The fourth-order valence-corrected chi connectivity index (χ4v) is 1.24. The van der Waals surface area contributed by atoms with Crippen LogP contribution in [0.1, 0.15) is 17.3 Å². The quantitative estimate of drug-likeness (QED) is 0.434. The predicted octanol–water partition coefficient (Wildman–Crippen LogP) is 3.02. The van der Waals surface area contributed by atoms with Gasteiger partial charge in [0.25, 0.3) is 0 Å². The van der Waals surface area contributed by atoms with Crippen LogP contribution in [0.15, 0.2) is 36.4 Å². The Bertz CT molecular complexity index is 334. The number of carbonyl (C=O) groups excluding carboxylic acids is 1. The number of allylic oxidation sites excluding steroid dienone is 1. The highest BCUT2D eigenvalue weighted by atomic mass is 35.5. The number of alkyl halides is 1. The number of ether oxygens (including phenoxy) is 1. The standard InChI is InChI=1S/C11H11ClO2/c1-2-5-11(12)14-10-7-4-3-6-9(10)8-13/h2-8,11H,1H3. The molecular weight excluding hydrogens is 200 g/mol. The maximum absolute atomic E-state index is 10.6. The molecule has 1 aromatic carbocycles. The Morgan fingerprint density at radius 2 is 2.14 bits per heavy atom. The minimum absolute atomic E-state index is 0.501. The van der Waals surface area contributed by atoms with Gasteiger partial charge in [-0.05, 0) is 25.1 Å². The molecular formula is C11H11ClO2. The van der Waals surface area contributed by atoms with Gasteiger partial charge in [-0.25, -0.2) is 0 Å². The summed E-state index contributed by atoms with van der Waals surface area (Å²) in [6.07, 6.45) is 4.24. The first kappa shape index (κ1) is 10.8. The lowest BCUT2D eigenvalue weighted by atomic mass is 10.2. The van der Waals surface area contributed by atoms with Crippen LogP contribution in [-0.4, -0.2) is 11.8 Å². The second-order valence-electron chi connectivity index (χ2n) is 2.65. The monoisotopic (exact) mass is 210 g/mol. The number of rotatable bonds is 4. The highest BCUT2D eigenvalue weighted by Gasteiger charge is 2.05. The molecule has 3 heteroatoms. The smallest absolute Gasteiger partial charge is 0.190 e. The summed E-state index contributed by atoms with van der Waals surface area (Å²) >= 11 is 5.82. The predicted molar refractivity (Wildman–Crippen MR) is 56.9 cm³/mol. The summed E-state index contributed by atoms with van der Waals surface area (Å²) in [7, 11) is 0. The molecule has 1 unspecified atom stereocenters. The van der Waals surface area contributed by atoms with E-state index in [4.69, 9.17) is 16.3 Å². The van der Waals surface area contributed by atoms with Gasteiger partial charge in [0.2, 0.25) is 0 Å². The van der Waals surface area contributed by atoms with E-state index in [1.54, 1.807) is 36.4 Å². The fourth-order valence-electron chi connectivity index (χ4n) is 0.997. The molecule has 1 atom stereocenters. The lowest BCUT2D eigenvalue weighted by Gasteiger charge is -2.10. The molecule has 74 valence electrons. The molecule has 14 heavy (non-hydrogen) atoms. The van der Waals surface area contributed by atoms with Crippen LogP contribution >= 0.6 is 11.6 Å². The van der Waals surface area contributed by atoms with Crippen molar-refractivity contribution in [1.29, 1.82) is 0 Å². The zero-order valence-corrected chi connectivity index (χ0v) is 8.57. The summed E-state index contributed by atoms with van der Waals surface area (Å²) in [4.78, 5) is 10.6. The molecule has 1 rings (SSSR count). The third kappa shape index (κ3) is 2.89. The van der Waals surface area contributed by atoms with Crippen molar-refractivity contribution in [2.75, 3.05) is 0 Å². The Balaban J connectivity index is 2.80. The molecule has 0 aliphatic heterocycles. The molecule has 0 amide bonds. The first-order valence-electron chi connectivity index (χ1n) is 4.25. The van der Waals surface area contributed by atoms with Crippen LogP contribution in [-0.2, 0) is 0 Å². The van der Waals surface area contributed by atoms with Gasteiger partial charge in [0, 0.05) is 0 Å². The van der Waals surface area contributed by atoms with Crippen molar-refractivity contribution in [2.45, 2.75) is 12.5 Å². The summed E-state index contributed by atoms with van der Waals surface area (Å²) < 4.78 is 5.32. The fraction of sp³-hybridized carbons (Fsp3) is 0.182. The molecule has 0 fully saturated rings. The van der Waals surface area contributed by atoms with Gasteiger partial charge in [0.1, 0.15) is 5.75 Å². The van der Waals surface area contributed by atoms with Crippen LogP contribution < -0.4 is 4.74 Å². The van der Waals surface area contributed by atoms with Crippen LogP contribution in [0.2, 0.25) is 0 Å². The molecule has 0 bridgehead atoms. The molecule has 0 radical (unpaired) electrons. The summed E-state index contributed by atoms with van der Waals surface area (Å²) in [5.74, 6) is 0.501. The van der Waals surface area contributed by atoms with E-state index in [1.165, 1.54) is 0 Å². The van der Waals surface area contributed by atoms with Crippen molar-refractivity contribution >= 4 is 17.9 Å². The second kappa shape index (κ2) is 5.45. The van der Waals surface area contributed by atoms with E-state index >= 15 is 0 Å². The van der Waals surface area contributed by atoms with Crippen molar-refractivity contribution in [3.8, 4) is 5.75 Å². The van der Waals surface area contributed by atoms with Crippen molar-refractivity contribution in [1.82, 2.24) is 0 Å². The van der Waals surface area contributed by atoms with E-state index in [0.717, 1.165) is 6.29 Å². The summed E-state index contributed by atoms with van der Waals surface area (Å²) in [6, 6.07) is 6.96. The number of hydrogen-bond donors (Lipinski definition) is 0. The van der Waals surface area contributed by atoms with Gasteiger partial charge >= 0.3 is 0 Å². The lowest BCUT2D eigenvalue weighted by molar-refractivity contribution is 0.111. The minimum Gasteiger partial charge on any atom is -0.470 e. The van der Waals surface area contributed by atoms with E-state index in [1.807, 2.05) is 6.92 Å². The first-order chi connectivity index (χ1) is 6.77. The van der Waals surface area contributed by atoms with Gasteiger partial charge in [-0.1, -0.05) is 29.8 Å². The van der Waals surface area contributed by atoms with Crippen LogP contribution in [0.3, 0.4) is 0 Å². The molecule has 0 saturated carbocycles. The summed E-state index contributed by atoms with van der Waals surface area (Å²) in [5.41, 5.74) is -0.0382. The molecule has 0 aliphatic rings. The van der Waals surface area contributed by atoms with Crippen molar-refractivity contribution in [3.63, 3.8) is 0 Å². The van der Waals surface area contributed by atoms with Crippen molar-refractivity contribution in [2.24, 2.45) is 0 Å². The average molecular weight is 211 g/mol. The molecule has 0 heterocycles. The van der Waals surface area contributed by atoms with Crippen LogP contribution in [0.5, 0.6) is 5.75 Å². The molecule has 0 aliphatic carbocycles. The van der Waals surface area contributed by atoms with Gasteiger partial charge in [-0.2, -0.15) is 0 Å². The first-order valence-corrected chi connectivity index (χ1v) is 4.69. The Labute approximate surface area is 88.1 Å². The number of para-hydroxylation sites is 1. The van der Waals surface area contributed by atoms with Gasteiger partial charge in [0.05, 0.1) is 5.56 Å². The number of carbonyl (C=O) groups is 1. The topological polar surface area (TPSA) is 26.3 Å². The Morgan fingerprint density at radius 1 is 1.43 bits per heavy atom. The number of halogens is 1. The van der Waals surface area contributed by atoms with Gasteiger partial charge in [-0.15, -0.1) is 0 Å². The molecule has 0 N–H and O–H groups in total. The Kier molecular flexibility index (Phi) is 4.20. The number of aldehydes is 1. The van der Waals surface area contributed by atoms with Crippen molar-refractivity contribution < 1.29 is 9.53 Å². The minimum atomic E-state index is -0.541. The highest BCUT2D eigenvalue weighted by Crippen LogP contribution is 2.18. The van der Waals surface area contributed by atoms with Crippen LogP contribution in [0.4, 0.5) is 0 Å². The molecule has 0 spiro atoms. The van der Waals surface area contributed by atoms with Crippen molar-refractivity contribution in [3.05, 3.63) is 42.0 Å². The zero-order chi connectivity index (χ0) is 10.4. The maximum atomic E-state index is 10.6. The second-order valence-corrected chi connectivity index (χ2v) is 3.08. The van der Waals surface area contributed by atoms with E-state index in [0.29, 0.717) is 11.3 Å². The van der Waals surface area contributed by atoms with E-state index in [2.05, 4.69) is 0 Å². The number of hydrogen-bond acceptors (Lipinski definition) is 2. The SMILES string of the molecule is CC=CC(Cl)Oc1ccccc1C=O. The van der Waals surface area contributed by atoms with Gasteiger partial charge in [0.15, 0.2) is 11.8 Å². The van der Waals surface area contributed by atoms with E-state index in [9.17, 15) is 4.79 Å². The largest absolute Gasteiger partial charge is 0.470 e. The van der Waals surface area contributed by atoms with E-state index < -0.39 is 5.56 Å². The number of benzene rings is 1. The normalized spacial score (nSPS) is 12.7. The Morgan fingerprint density at radius 3 is 2.79 bits per heavy atom.